The Balaban J connectivity index is 3.32. The van der Waals surface area contributed by atoms with Crippen molar-refractivity contribution in [2.45, 2.75) is 6.18 Å². The molecule has 0 amide bonds. The van der Waals surface area contributed by atoms with Crippen molar-refractivity contribution in [1.29, 1.82) is 0 Å². The van der Waals surface area contributed by atoms with Crippen LogP contribution in [0, 0.1) is 0 Å². The van der Waals surface area contributed by atoms with Gasteiger partial charge in [0.15, 0.2) is 5.11 Å². The fourth-order valence-corrected chi connectivity index (χ4v) is 1.61. The van der Waals surface area contributed by atoms with Crippen LogP contribution in [0.1, 0.15) is 5.56 Å². The van der Waals surface area contributed by atoms with E-state index in [1.54, 1.807) is 0 Å². The summed E-state index contributed by atoms with van der Waals surface area (Å²) in [6.07, 6.45) is -4.59. The Morgan fingerprint density at radius 2 is 1.88 bits per heavy atom. The number of hydrogen-bond donors (Lipinski definition) is 2. The quantitative estimate of drug-likeness (QED) is 0.775. The number of nitrogens with two attached hydrogens (primary N) is 1. The molecule has 0 radical (unpaired) electrons. The van der Waals surface area contributed by atoms with Crippen LogP contribution in [0.25, 0.3) is 0 Å². The van der Waals surface area contributed by atoms with Crippen molar-refractivity contribution in [3.63, 3.8) is 0 Å². The van der Waals surface area contributed by atoms with Crippen LogP contribution in [0.5, 0.6) is 0 Å². The van der Waals surface area contributed by atoms with Gasteiger partial charge >= 0.3 is 6.18 Å². The highest BCUT2D eigenvalue weighted by Gasteiger charge is 2.34. The Hall–Kier alpha value is -0.720. The Kier molecular flexibility index (Phi) is 3.88. The first-order valence-electron chi connectivity index (χ1n) is 3.84. The van der Waals surface area contributed by atoms with Crippen LogP contribution in [-0.4, -0.2) is 5.11 Å². The fraction of sp³-hybridized carbons (Fsp3) is 0.125. The number of benzene rings is 1. The van der Waals surface area contributed by atoms with Crippen molar-refractivity contribution in [3.8, 4) is 0 Å². The van der Waals surface area contributed by atoms with Crippen LogP contribution in [0.3, 0.4) is 0 Å². The molecule has 1 rings (SSSR count). The molecule has 0 aliphatic heterocycles. The van der Waals surface area contributed by atoms with Crippen molar-refractivity contribution in [3.05, 3.63) is 27.7 Å². The Morgan fingerprint density at radius 1 is 1.31 bits per heavy atom. The molecule has 0 heterocycles. The number of hydrogen-bond acceptors (Lipinski definition) is 1. The summed E-state index contributed by atoms with van der Waals surface area (Å²) in [4.78, 5) is 0. The van der Waals surface area contributed by atoms with E-state index in [0.717, 1.165) is 6.07 Å². The van der Waals surface area contributed by atoms with Gasteiger partial charge in [0.05, 0.1) is 16.3 Å². The molecule has 88 valence electrons. The summed E-state index contributed by atoms with van der Waals surface area (Å²) in [6, 6.07) is 1.94. The lowest BCUT2D eigenvalue weighted by molar-refractivity contribution is -0.137. The number of anilines is 1. The number of rotatable bonds is 1. The minimum atomic E-state index is -4.59. The molecular weight excluding hydrogens is 284 g/mol. The first-order valence-corrected chi connectivity index (χ1v) is 5.01. The van der Waals surface area contributed by atoms with Crippen LogP contribution >= 0.6 is 35.4 Å². The number of alkyl halides is 3. The molecule has 0 atom stereocenters. The third-order valence-electron chi connectivity index (χ3n) is 1.60. The maximum absolute atomic E-state index is 12.5. The topological polar surface area (TPSA) is 38.0 Å². The number of nitrogens with one attached hydrogen (secondary N) is 1. The van der Waals surface area contributed by atoms with Crippen LogP contribution in [0.2, 0.25) is 10.0 Å². The van der Waals surface area contributed by atoms with Crippen LogP contribution < -0.4 is 11.1 Å². The van der Waals surface area contributed by atoms with Crippen molar-refractivity contribution in [1.82, 2.24) is 0 Å². The first-order chi connectivity index (χ1) is 7.21. The third kappa shape index (κ3) is 3.13. The molecule has 16 heavy (non-hydrogen) atoms. The Labute approximate surface area is 105 Å². The summed E-state index contributed by atoms with van der Waals surface area (Å²) in [5, 5.41) is 1.48. The zero-order valence-corrected chi connectivity index (χ0v) is 9.86. The van der Waals surface area contributed by atoms with Gasteiger partial charge in [-0.25, -0.2) is 0 Å². The molecule has 0 bridgehead atoms. The molecule has 2 nitrogen and oxygen atoms in total. The van der Waals surface area contributed by atoms with Gasteiger partial charge in [0.1, 0.15) is 0 Å². The summed E-state index contributed by atoms with van der Waals surface area (Å²) in [5.41, 5.74) is 4.02. The van der Waals surface area contributed by atoms with Gasteiger partial charge in [-0.1, -0.05) is 23.2 Å². The van der Waals surface area contributed by atoms with Gasteiger partial charge in [0, 0.05) is 5.02 Å². The lowest BCUT2D eigenvalue weighted by Crippen LogP contribution is -2.20. The summed E-state index contributed by atoms with van der Waals surface area (Å²) in [7, 11) is 0. The molecule has 1 aromatic carbocycles. The van der Waals surface area contributed by atoms with E-state index >= 15 is 0 Å². The predicted octanol–water partition coefficient (Wildman–Crippen LogP) is 3.67. The van der Waals surface area contributed by atoms with Gasteiger partial charge in [-0.2, -0.15) is 13.2 Å². The first kappa shape index (κ1) is 13.3. The molecule has 8 heteroatoms. The van der Waals surface area contributed by atoms with E-state index in [0.29, 0.717) is 0 Å². The SMILES string of the molecule is NC(=S)Nc1cc(Cl)cc(C(F)(F)F)c1Cl. The minimum Gasteiger partial charge on any atom is -0.376 e. The van der Waals surface area contributed by atoms with Gasteiger partial charge < -0.3 is 11.1 Å². The van der Waals surface area contributed by atoms with Gasteiger partial charge in [0.25, 0.3) is 0 Å². The molecule has 0 unspecified atom stereocenters. The minimum absolute atomic E-state index is 0.0750. The second-order valence-corrected chi connectivity index (χ2v) is 4.06. The summed E-state index contributed by atoms with van der Waals surface area (Å²) in [6.45, 7) is 0. The third-order valence-corrected chi connectivity index (χ3v) is 2.33. The lowest BCUT2D eigenvalue weighted by Gasteiger charge is -2.13. The van der Waals surface area contributed by atoms with E-state index in [-0.39, 0.29) is 15.8 Å². The van der Waals surface area contributed by atoms with Crippen molar-refractivity contribution < 1.29 is 13.2 Å². The zero-order valence-electron chi connectivity index (χ0n) is 7.53. The average Bonchev–Trinajstić information content (AvgIpc) is 2.07. The van der Waals surface area contributed by atoms with Gasteiger partial charge in [-0.3, -0.25) is 0 Å². The van der Waals surface area contributed by atoms with Gasteiger partial charge in [-0.05, 0) is 24.4 Å². The van der Waals surface area contributed by atoms with Crippen LogP contribution in [-0.2, 0) is 6.18 Å². The number of halogens is 5. The molecule has 0 fully saturated rings. The standard InChI is InChI=1S/C8H5Cl2F3N2S/c9-3-1-4(8(11,12)13)6(10)5(2-3)15-7(14)16/h1-2H,(H3,14,15,16). The van der Waals surface area contributed by atoms with Crippen molar-refractivity contribution in [2.75, 3.05) is 5.32 Å². The highest BCUT2D eigenvalue weighted by molar-refractivity contribution is 7.80. The summed E-state index contributed by atoms with van der Waals surface area (Å²) < 4.78 is 37.5. The molecule has 0 aliphatic rings. The molecule has 1 aromatic rings. The van der Waals surface area contributed by atoms with E-state index in [1.165, 1.54) is 6.07 Å². The molecule has 0 aliphatic carbocycles. The monoisotopic (exact) mass is 288 g/mol. The second-order valence-electron chi connectivity index (χ2n) is 2.80. The van der Waals surface area contributed by atoms with Gasteiger partial charge in [-0.15, -0.1) is 0 Å². The van der Waals surface area contributed by atoms with Crippen molar-refractivity contribution in [2.24, 2.45) is 5.73 Å². The highest BCUT2D eigenvalue weighted by Crippen LogP contribution is 2.40. The van der Waals surface area contributed by atoms with Gasteiger partial charge in [0.2, 0.25) is 0 Å². The van der Waals surface area contributed by atoms with Crippen LogP contribution in [0.15, 0.2) is 12.1 Å². The van der Waals surface area contributed by atoms with E-state index in [4.69, 9.17) is 28.9 Å². The summed E-state index contributed by atoms with van der Waals surface area (Å²) >= 11 is 15.6. The molecule has 0 saturated carbocycles. The maximum Gasteiger partial charge on any atom is 0.417 e. The Bertz CT molecular complexity index is 434. The van der Waals surface area contributed by atoms with E-state index in [2.05, 4.69) is 17.5 Å². The maximum atomic E-state index is 12.5. The van der Waals surface area contributed by atoms with E-state index in [9.17, 15) is 13.2 Å². The molecule has 3 N–H and O–H groups in total. The molecule has 0 spiro atoms. The summed E-state index contributed by atoms with van der Waals surface area (Å²) in [5.74, 6) is 0. The average molecular weight is 289 g/mol. The van der Waals surface area contributed by atoms with E-state index < -0.39 is 16.8 Å². The number of thiocarbonyl (C=S) groups is 1. The van der Waals surface area contributed by atoms with E-state index in [1.807, 2.05) is 0 Å². The smallest absolute Gasteiger partial charge is 0.376 e. The predicted molar refractivity (Wildman–Crippen MR) is 61.9 cm³/mol. The Morgan fingerprint density at radius 3 is 2.31 bits per heavy atom. The second kappa shape index (κ2) is 4.65. The molecule has 0 saturated heterocycles. The zero-order chi connectivity index (χ0) is 12.5. The molecular formula is C8H5Cl2F3N2S. The highest BCUT2D eigenvalue weighted by atomic mass is 35.5. The fourth-order valence-electron chi connectivity index (χ4n) is 1.02. The van der Waals surface area contributed by atoms with Crippen molar-refractivity contribution >= 4 is 46.2 Å². The normalized spacial score (nSPS) is 11.3. The molecule has 0 aromatic heterocycles. The largest absolute Gasteiger partial charge is 0.417 e. The lowest BCUT2D eigenvalue weighted by atomic mass is 10.2. The van der Waals surface area contributed by atoms with Crippen LogP contribution in [0.4, 0.5) is 18.9 Å².